The van der Waals surface area contributed by atoms with Crippen LogP contribution in [0.15, 0.2) is 70.1 Å². The summed E-state index contributed by atoms with van der Waals surface area (Å²) in [6, 6.07) is 19.5. The molecule has 0 atom stereocenters. The maximum absolute atomic E-state index is 12.4. The number of hydrogen-bond donors (Lipinski definition) is 0. The van der Waals surface area contributed by atoms with Gasteiger partial charge in [0.2, 0.25) is 17.6 Å². The van der Waals surface area contributed by atoms with Crippen molar-refractivity contribution in [1.29, 1.82) is 0 Å². The minimum Gasteiger partial charge on any atom is -0.337 e. The maximum Gasteiger partial charge on any atom is 0.246 e. The number of amides is 1. The van der Waals surface area contributed by atoms with Crippen LogP contribution in [-0.4, -0.2) is 33.2 Å². The zero-order chi connectivity index (χ0) is 17.5. The van der Waals surface area contributed by atoms with Gasteiger partial charge in [-0.05, 0) is 19.1 Å². The lowest BCUT2D eigenvalue weighted by Gasteiger charge is -2.18. The fourth-order valence-electron chi connectivity index (χ4n) is 2.32. The quantitative estimate of drug-likeness (QED) is 0.603. The molecular formula is C19H19N3O2S. The van der Waals surface area contributed by atoms with Gasteiger partial charge in [0.05, 0.1) is 12.3 Å². The number of nitrogens with zero attached hydrogens (tertiary/aromatic N) is 3. The van der Waals surface area contributed by atoms with Crippen molar-refractivity contribution >= 4 is 17.7 Å². The van der Waals surface area contributed by atoms with Gasteiger partial charge in [0.15, 0.2) is 0 Å². The first-order chi connectivity index (χ1) is 12.3. The van der Waals surface area contributed by atoms with Crippen LogP contribution in [0.5, 0.6) is 0 Å². The molecule has 1 heterocycles. The summed E-state index contributed by atoms with van der Waals surface area (Å²) in [7, 11) is 0. The van der Waals surface area contributed by atoms with Crippen LogP contribution in [0, 0.1) is 0 Å². The third-order valence-electron chi connectivity index (χ3n) is 3.67. The van der Waals surface area contributed by atoms with Gasteiger partial charge >= 0.3 is 0 Å². The number of aromatic nitrogens is 2. The van der Waals surface area contributed by atoms with E-state index < -0.39 is 0 Å². The summed E-state index contributed by atoms with van der Waals surface area (Å²) in [5.41, 5.74) is 0.895. The van der Waals surface area contributed by atoms with E-state index in [1.807, 2.05) is 67.6 Å². The summed E-state index contributed by atoms with van der Waals surface area (Å²) < 4.78 is 5.30. The molecule has 0 aliphatic heterocycles. The molecule has 0 N–H and O–H groups in total. The van der Waals surface area contributed by atoms with E-state index in [-0.39, 0.29) is 5.91 Å². The molecule has 5 nitrogen and oxygen atoms in total. The first kappa shape index (κ1) is 17.2. The average molecular weight is 353 g/mol. The minimum absolute atomic E-state index is 0.0517. The van der Waals surface area contributed by atoms with Gasteiger partial charge in [0, 0.05) is 17.0 Å². The van der Waals surface area contributed by atoms with Crippen LogP contribution in [0.1, 0.15) is 12.8 Å². The summed E-state index contributed by atoms with van der Waals surface area (Å²) in [4.78, 5) is 19.6. The van der Waals surface area contributed by atoms with Crippen molar-refractivity contribution in [1.82, 2.24) is 15.0 Å². The molecule has 2 aromatic carbocycles. The van der Waals surface area contributed by atoms with Crippen LogP contribution in [0.25, 0.3) is 11.4 Å². The smallest absolute Gasteiger partial charge is 0.246 e. The molecule has 0 aliphatic rings. The maximum atomic E-state index is 12.4. The molecule has 128 valence electrons. The number of thioether (sulfide) groups is 1. The number of rotatable bonds is 7. The molecule has 1 aromatic heterocycles. The molecule has 6 heteroatoms. The van der Waals surface area contributed by atoms with Crippen LogP contribution in [0.3, 0.4) is 0 Å². The van der Waals surface area contributed by atoms with E-state index in [1.54, 1.807) is 4.90 Å². The Balaban J connectivity index is 1.60. The molecule has 0 radical (unpaired) electrons. The van der Waals surface area contributed by atoms with Crippen LogP contribution >= 0.6 is 11.8 Å². The van der Waals surface area contributed by atoms with Crippen LogP contribution in [0.2, 0.25) is 0 Å². The summed E-state index contributed by atoms with van der Waals surface area (Å²) >= 11 is 1.53. The number of benzene rings is 2. The topological polar surface area (TPSA) is 59.2 Å². The number of carbonyl (C=O) groups is 1. The van der Waals surface area contributed by atoms with E-state index >= 15 is 0 Å². The largest absolute Gasteiger partial charge is 0.337 e. The zero-order valence-corrected chi connectivity index (χ0v) is 14.8. The lowest BCUT2D eigenvalue weighted by molar-refractivity contribution is -0.129. The Morgan fingerprint density at radius 1 is 1.08 bits per heavy atom. The Bertz CT molecular complexity index is 806. The van der Waals surface area contributed by atoms with Gasteiger partial charge in [-0.1, -0.05) is 53.7 Å². The molecule has 0 unspecified atom stereocenters. The predicted octanol–water partition coefficient (Wildman–Crippen LogP) is 3.88. The monoisotopic (exact) mass is 353 g/mol. The fraction of sp³-hybridized carbons (Fsp3) is 0.211. The van der Waals surface area contributed by atoms with Crippen molar-refractivity contribution < 1.29 is 9.32 Å². The molecule has 0 spiro atoms. The lowest BCUT2D eigenvalue weighted by Crippen LogP contribution is -2.31. The molecular weight excluding hydrogens is 334 g/mol. The summed E-state index contributed by atoms with van der Waals surface area (Å²) in [6.07, 6.45) is 0. The lowest BCUT2D eigenvalue weighted by atomic mass is 10.2. The fourth-order valence-corrected chi connectivity index (χ4v) is 3.14. The first-order valence-corrected chi connectivity index (χ1v) is 9.08. The Morgan fingerprint density at radius 3 is 2.44 bits per heavy atom. The van der Waals surface area contributed by atoms with E-state index in [0.717, 1.165) is 10.5 Å². The van der Waals surface area contributed by atoms with Gasteiger partial charge < -0.3 is 9.42 Å². The van der Waals surface area contributed by atoms with Gasteiger partial charge in [0.25, 0.3) is 0 Å². The van der Waals surface area contributed by atoms with Crippen LogP contribution in [-0.2, 0) is 11.3 Å². The van der Waals surface area contributed by atoms with Gasteiger partial charge in [0.1, 0.15) is 0 Å². The van der Waals surface area contributed by atoms with E-state index in [4.69, 9.17) is 4.52 Å². The van der Waals surface area contributed by atoms with Crippen molar-refractivity contribution in [3.63, 3.8) is 0 Å². The number of carbonyl (C=O) groups excluding carboxylic acids is 1. The van der Waals surface area contributed by atoms with Gasteiger partial charge in [-0.15, -0.1) is 11.8 Å². The van der Waals surface area contributed by atoms with Gasteiger partial charge in [-0.3, -0.25) is 4.79 Å². The highest BCUT2D eigenvalue weighted by molar-refractivity contribution is 8.00. The third kappa shape index (κ3) is 4.70. The summed E-state index contributed by atoms with van der Waals surface area (Å²) in [5, 5.41) is 4.00. The molecule has 0 fully saturated rings. The second kappa shape index (κ2) is 8.48. The van der Waals surface area contributed by atoms with E-state index in [2.05, 4.69) is 10.1 Å². The Morgan fingerprint density at radius 2 is 1.76 bits per heavy atom. The molecule has 1 amide bonds. The Labute approximate surface area is 151 Å². The van der Waals surface area contributed by atoms with Gasteiger partial charge in [-0.2, -0.15) is 4.98 Å². The Hall–Kier alpha value is -2.60. The summed E-state index contributed by atoms with van der Waals surface area (Å²) in [5.74, 6) is 1.42. The molecule has 0 aliphatic carbocycles. The van der Waals surface area contributed by atoms with E-state index in [1.165, 1.54) is 11.8 Å². The Kier molecular flexibility index (Phi) is 5.85. The zero-order valence-electron chi connectivity index (χ0n) is 14.0. The van der Waals surface area contributed by atoms with Crippen LogP contribution < -0.4 is 0 Å². The second-order valence-corrected chi connectivity index (χ2v) is 6.44. The van der Waals surface area contributed by atoms with E-state index in [9.17, 15) is 4.79 Å². The van der Waals surface area contributed by atoms with Crippen molar-refractivity contribution in [3.05, 3.63) is 66.6 Å². The molecule has 3 rings (SSSR count). The highest BCUT2D eigenvalue weighted by Crippen LogP contribution is 2.19. The van der Waals surface area contributed by atoms with Crippen molar-refractivity contribution in [3.8, 4) is 11.4 Å². The third-order valence-corrected chi connectivity index (χ3v) is 4.66. The highest BCUT2D eigenvalue weighted by Gasteiger charge is 2.17. The SMILES string of the molecule is CCN(Cc1nc(-c2ccccc2)no1)C(=O)CSc1ccccc1. The first-order valence-electron chi connectivity index (χ1n) is 8.10. The molecule has 3 aromatic rings. The molecule has 0 saturated heterocycles. The van der Waals surface area contributed by atoms with Crippen molar-refractivity contribution in [2.24, 2.45) is 0 Å². The normalized spacial score (nSPS) is 10.6. The molecule has 0 saturated carbocycles. The molecule has 25 heavy (non-hydrogen) atoms. The van der Waals surface area contributed by atoms with E-state index in [0.29, 0.717) is 30.6 Å². The molecule has 0 bridgehead atoms. The van der Waals surface area contributed by atoms with Crippen molar-refractivity contribution in [2.75, 3.05) is 12.3 Å². The standard InChI is InChI=1S/C19H19N3O2S/c1-2-22(18(23)14-25-16-11-7-4-8-12-16)13-17-20-19(21-24-17)15-9-5-3-6-10-15/h3-12H,2,13-14H2,1H3. The van der Waals surface area contributed by atoms with Crippen LogP contribution in [0.4, 0.5) is 0 Å². The minimum atomic E-state index is 0.0517. The predicted molar refractivity (Wildman–Crippen MR) is 98.0 cm³/mol. The second-order valence-electron chi connectivity index (χ2n) is 5.39. The number of hydrogen-bond acceptors (Lipinski definition) is 5. The van der Waals surface area contributed by atoms with Crippen molar-refractivity contribution in [2.45, 2.75) is 18.4 Å². The summed E-state index contributed by atoms with van der Waals surface area (Å²) in [6.45, 7) is 2.86. The van der Waals surface area contributed by atoms with Gasteiger partial charge in [-0.25, -0.2) is 0 Å². The average Bonchev–Trinajstić information content (AvgIpc) is 3.14. The highest BCUT2D eigenvalue weighted by atomic mass is 32.2.